The Morgan fingerprint density at radius 1 is 1.08 bits per heavy atom. The van der Waals surface area contributed by atoms with Gasteiger partial charge in [0.25, 0.3) is 5.91 Å². The molecule has 1 aromatic heterocycles. The van der Waals surface area contributed by atoms with Gasteiger partial charge in [0.1, 0.15) is 11.5 Å². The van der Waals surface area contributed by atoms with E-state index in [0.29, 0.717) is 17.0 Å². The van der Waals surface area contributed by atoms with E-state index in [1.54, 1.807) is 30.3 Å². The fourth-order valence-corrected chi connectivity index (χ4v) is 2.37. The van der Waals surface area contributed by atoms with Gasteiger partial charge in [0.2, 0.25) is 0 Å². The van der Waals surface area contributed by atoms with Crippen molar-refractivity contribution in [1.82, 2.24) is 5.43 Å². The molecule has 0 unspecified atom stereocenters. The second kappa shape index (κ2) is 7.14. The molecule has 3 aromatic rings. The number of hydrogen-bond acceptors (Lipinski definition) is 4. The van der Waals surface area contributed by atoms with E-state index in [1.165, 1.54) is 6.21 Å². The number of hydrogen-bond donors (Lipinski definition) is 2. The number of furan rings is 1. The first kappa shape index (κ1) is 16.0. The van der Waals surface area contributed by atoms with Gasteiger partial charge in [-0.05, 0) is 36.4 Å². The van der Waals surface area contributed by atoms with E-state index in [-0.39, 0.29) is 5.91 Å². The van der Waals surface area contributed by atoms with Crippen LogP contribution in [0.25, 0.3) is 11.3 Å². The van der Waals surface area contributed by atoms with Crippen molar-refractivity contribution in [2.75, 3.05) is 5.73 Å². The summed E-state index contributed by atoms with van der Waals surface area (Å²) in [7, 11) is 0. The smallest absolute Gasteiger partial charge is 0.273 e. The summed E-state index contributed by atoms with van der Waals surface area (Å²) in [5, 5.41) is 3.90. The molecule has 0 aliphatic heterocycles. The highest BCUT2D eigenvalue weighted by Gasteiger charge is 2.07. The molecular formula is C18H14BrN3O2. The number of rotatable bonds is 4. The van der Waals surface area contributed by atoms with Gasteiger partial charge in [-0.25, -0.2) is 5.43 Å². The molecule has 0 aliphatic carbocycles. The summed E-state index contributed by atoms with van der Waals surface area (Å²) in [5.41, 5.74) is 9.92. The SMILES string of the molecule is Nc1ccccc1C(=O)NN=Cc1ccc(-c2ccc(Br)cc2)o1. The van der Waals surface area contributed by atoms with Crippen molar-refractivity contribution >= 4 is 33.7 Å². The molecule has 0 aliphatic rings. The number of para-hydroxylation sites is 1. The van der Waals surface area contributed by atoms with Gasteiger partial charge in [-0.2, -0.15) is 5.10 Å². The number of nitrogens with one attached hydrogen (secondary N) is 1. The highest BCUT2D eigenvalue weighted by atomic mass is 79.9. The predicted molar refractivity (Wildman–Crippen MR) is 97.8 cm³/mol. The highest BCUT2D eigenvalue weighted by molar-refractivity contribution is 9.10. The lowest BCUT2D eigenvalue weighted by atomic mass is 10.2. The topological polar surface area (TPSA) is 80.6 Å². The Bertz CT molecular complexity index is 885. The molecule has 1 heterocycles. The minimum atomic E-state index is -0.371. The van der Waals surface area contributed by atoms with E-state index in [0.717, 1.165) is 15.8 Å². The molecule has 120 valence electrons. The summed E-state index contributed by atoms with van der Waals surface area (Å²) in [4.78, 5) is 12.0. The average molecular weight is 384 g/mol. The van der Waals surface area contributed by atoms with E-state index in [2.05, 4.69) is 26.5 Å². The molecule has 0 saturated heterocycles. The number of benzene rings is 2. The quantitative estimate of drug-likeness (QED) is 0.405. The molecule has 5 nitrogen and oxygen atoms in total. The zero-order valence-corrected chi connectivity index (χ0v) is 14.2. The van der Waals surface area contributed by atoms with Gasteiger partial charge in [-0.3, -0.25) is 4.79 Å². The van der Waals surface area contributed by atoms with Crippen LogP contribution in [0.3, 0.4) is 0 Å². The van der Waals surface area contributed by atoms with E-state index in [4.69, 9.17) is 10.2 Å². The zero-order chi connectivity index (χ0) is 16.9. The van der Waals surface area contributed by atoms with Gasteiger partial charge in [-0.15, -0.1) is 0 Å². The number of carbonyl (C=O) groups excluding carboxylic acids is 1. The van der Waals surface area contributed by atoms with Crippen molar-refractivity contribution in [3.05, 3.63) is 76.5 Å². The fourth-order valence-electron chi connectivity index (χ4n) is 2.11. The number of halogens is 1. The van der Waals surface area contributed by atoms with Gasteiger partial charge in [0, 0.05) is 15.7 Å². The van der Waals surface area contributed by atoms with E-state index in [9.17, 15) is 4.79 Å². The summed E-state index contributed by atoms with van der Waals surface area (Å²) >= 11 is 3.39. The number of hydrazone groups is 1. The maximum absolute atomic E-state index is 12.0. The van der Waals surface area contributed by atoms with Crippen molar-refractivity contribution < 1.29 is 9.21 Å². The molecule has 0 bridgehead atoms. The van der Waals surface area contributed by atoms with E-state index >= 15 is 0 Å². The van der Waals surface area contributed by atoms with Crippen LogP contribution in [0.2, 0.25) is 0 Å². The Morgan fingerprint density at radius 3 is 2.58 bits per heavy atom. The highest BCUT2D eigenvalue weighted by Crippen LogP contribution is 2.23. The first-order chi connectivity index (χ1) is 11.6. The molecule has 1 amide bonds. The van der Waals surface area contributed by atoms with Crippen LogP contribution in [0.4, 0.5) is 5.69 Å². The summed E-state index contributed by atoms with van der Waals surface area (Å²) in [5.74, 6) is 0.890. The lowest BCUT2D eigenvalue weighted by Crippen LogP contribution is -2.18. The van der Waals surface area contributed by atoms with Crippen molar-refractivity contribution in [3.63, 3.8) is 0 Å². The van der Waals surface area contributed by atoms with Gasteiger partial charge in [0.05, 0.1) is 11.8 Å². The van der Waals surface area contributed by atoms with Crippen LogP contribution in [0.15, 0.2) is 74.7 Å². The molecular weight excluding hydrogens is 370 g/mol. The van der Waals surface area contributed by atoms with Gasteiger partial charge < -0.3 is 10.2 Å². The molecule has 3 rings (SSSR count). The van der Waals surface area contributed by atoms with Gasteiger partial charge >= 0.3 is 0 Å². The number of nitrogen functional groups attached to an aromatic ring is 1. The van der Waals surface area contributed by atoms with Crippen LogP contribution in [0, 0.1) is 0 Å². The first-order valence-corrected chi connectivity index (χ1v) is 7.96. The largest absolute Gasteiger partial charge is 0.455 e. The van der Waals surface area contributed by atoms with Crippen molar-refractivity contribution in [2.45, 2.75) is 0 Å². The molecule has 0 saturated carbocycles. The van der Waals surface area contributed by atoms with Gasteiger partial charge in [-0.1, -0.05) is 40.2 Å². The number of amides is 1. The van der Waals surface area contributed by atoms with Crippen molar-refractivity contribution in [1.29, 1.82) is 0 Å². The Morgan fingerprint density at radius 2 is 1.83 bits per heavy atom. The van der Waals surface area contributed by atoms with Crippen LogP contribution in [0.5, 0.6) is 0 Å². The summed E-state index contributed by atoms with van der Waals surface area (Å²) < 4.78 is 6.68. The third-order valence-corrected chi connectivity index (χ3v) is 3.85. The van der Waals surface area contributed by atoms with Gasteiger partial charge in [0.15, 0.2) is 0 Å². The van der Waals surface area contributed by atoms with Crippen molar-refractivity contribution in [3.8, 4) is 11.3 Å². The zero-order valence-electron chi connectivity index (χ0n) is 12.6. The molecule has 6 heteroatoms. The van der Waals surface area contributed by atoms with Crippen LogP contribution in [-0.2, 0) is 0 Å². The van der Waals surface area contributed by atoms with Crippen LogP contribution >= 0.6 is 15.9 Å². The molecule has 0 radical (unpaired) electrons. The van der Waals surface area contributed by atoms with E-state index in [1.807, 2.05) is 30.3 Å². The molecule has 0 fully saturated rings. The standard InChI is InChI=1S/C18H14BrN3O2/c19-13-7-5-12(6-8-13)17-10-9-14(24-17)11-21-22-18(23)15-3-1-2-4-16(15)20/h1-11H,20H2,(H,22,23). The number of carbonyl (C=O) groups is 1. The van der Waals surface area contributed by atoms with Crippen LogP contribution in [0.1, 0.15) is 16.1 Å². The maximum Gasteiger partial charge on any atom is 0.273 e. The Hall–Kier alpha value is -2.86. The molecule has 3 N–H and O–H groups in total. The second-order valence-corrected chi connectivity index (χ2v) is 5.91. The Labute approximate surface area is 147 Å². The normalized spacial score (nSPS) is 10.9. The number of nitrogens with zero attached hydrogens (tertiary/aromatic N) is 1. The summed E-state index contributed by atoms with van der Waals surface area (Å²) in [6.45, 7) is 0. The Kier molecular flexibility index (Phi) is 4.77. The van der Waals surface area contributed by atoms with Crippen molar-refractivity contribution in [2.24, 2.45) is 5.10 Å². The molecule has 0 spiro atoms. The minimum Gasteiger partial charge on any atom is -0.455 e. The second-order valence-electron chi connectivity index (χ2n) is 5.00. The lowest BCUT2D eigenvalue weighted by molar-refractivity contribution is 0.0956. The average Bonchev–Trinajstić information content (AvgIpc) is 3.04. The fraction of sp³-hybridized carbons (Fsp3) is 0. The van der Waals surface area contributed by atoms with Crippen LogP contribution in [-0.4, -0.2) is 12.1 Å². The third kappa shape index (κ3) is 3.72. The Balaban J connectivity index is 1.66. The minimum absolute atomic E-state index is 0.371. The molecule has 0 atom stereocenters. The molecule has 24 heavy (non-hydrogen) atoms. The first-order valence-electron chi connectivity index (χ1n) is 7.17. The van der Waals surface area contributed by atoms with E-state index < -0.39 is 0 Å². The number of nitrogens with two attached hydrogens (primary N) is 1. The third-order valence-electron chi connectivity index (χ3n) is 3.32. The molecule has 2 aromatic carbocycles. The predicted octanol–water partition coefficient (Wildman–Crippen LogP) is 4.06. The monoisotopic (exact) mass is 383 g/mol. The summed E-state index contributed by atoms with van der Waals surface area (Å²) in [6.07, 6.45) is 1.44. The maximum atomic E-state index is 12.0. The van der Waals surface area contributed by atoms with Crippen LogP contribution < -0.4 is 11.2 Å². The lowest BCUT2D eigenvalue weighted by Gasteiger charge is -2.02. The summed E-state index contributed by atoms with van der Waals surface area (Å²) in [6, 6.07) is 18.2. The number of anilines is 1.